The second-order valence-corrected chi connectivity index (χ2v) is 7.03. The van der Waals surface area contributed by atoms with Crippen LogP contribution < -0.4 is 0 Å². The molecule has 1 aromatic carbocycles. The van der Waals surface area contributed by atoms with Crippen molar-refractivity contribution in [2.75, 3.05) is 40.3 Å². The van der Waals surface area contributed by atoms with E-state index in [4.69, 9.17) is 0 Å². The number of para-hydroxylation sites is 1. The lowest BCUT2D eigenvalue weighted by molar-refractivity contribution is 0.274. The Morgan fingerprint density at radius 3 is 2.95 bits per heavy atom. The molecule has 2 atom stereocenters. The van der Waals surface area contributed by atoms with Gasteiger partial charge in [0.2, 0.25) is 0 Å². The van der Waals surface area contributed by atoms with E-state index in [1.807, 2.05) is 0 Å². The molecule has 2 heterocycles. The summed E-state index contributed by atoms with van der Waals surface area (Å²) < 4.78 is 0. The number of likely N-dealkylation sites (tertiary alicyclic amines) is 1. The fourth-order valence-electron chi connectivity index (χ4n) is 4.27. The van der Waals surface area contributed by atoms with Gasteiger partial charge in [0.15, 0.2) is 0 Å². The van der Waals surface area contributed by atoms with Gasteiger partial charge in [-0.1, -0.05) is 18.2 Å². The molecule has 3 heteroatoms. The van der Waals surface area contributed by atoms with Crippen molar-refractivity contribution in [3.63, 3.8) is 0 Å². The standard InChI is InChI=1S/C18H25N3/c1-20(2)9-10-21-11-13-7-8-17-18(15(13)12-21)14-5-3-4-6-16(14)19-17/h3-6,13,15,19H,7-12H2,1-2H3/t13-,15+/m1/s1. The Morgan fingerprint density at radius 2 is 2.10 bits per heavy atom. The molecule has 2 aliphatic rings. The van der Waals surface area contributed by atoms with E-state index in [-0.39, 0.29) is 0 Å². The van der Waals surface area contributed by atoms with Gasteiger partial charge in [-0.3, -0.25) is 0 Å². The van der Waals surface area contributed by atoms with Gasteiger partial charge in [-0.2, -0.15) is 0 Å². The summed E-state index contributed by atoms with van der Waals surface area (Å²) in [6, 6.07) is 8.84. The van der Waals surface area contributed by atoms with Crippen molar-refractivity contribution in [2.24, 2.45) is 5.92 Å². The van der Waals surface area contributed by atoms with Crippen LogP contribution in [0, 0.1) is 5.92 Å². The molecule has 0 bridgehead atoms. The van der Waals surface area contributed by atoms with Gasteiger partial charge in [0.05, 0.1) is 0 Å². The third-order valence-corrected chi connectivity index (χ3v) is 5.34. The van der Waals surface area contributed by atoms with Crippen LogP contribution in [0.5, 0.6) is 0 Å². The molecule has 1 aromatic heterocycles. The Labute approximate surface area is 126 Å². The Morgan fingerprint density at radius 1 is 1.24 bits per heavy atom. The Bertz CT molecular complexity index is 643. The predicted molar refractivity (Wildman–Crippen MR) is 87.8 cm³/mol. The molecule has 1 aliphatic heterocycles. The van der Waals surface area contributed by atoms with Gasteiger partial charge in [0, 0.05) is 48.7 Å². The largest absolute Gasteiger partial charge is 0.358 e. The van der Waals surface area contributed by atoms with Crippen molar-refractivity contribution in [3.05, 3.63) is 35.5 Å². The summed E-state index contributed by atoms with van der Waals surface area (Å²) >= 11 is 0. The molecule has 112 valence electrons. The molecule has 1 N–H and O–H groups in total. The molecule has 0 saturated carbocycles. The highest BCUT2D eigenvalue weighted by Gasteiger charge is 2.38. The van der Waals surface area contributed by atoms with Crippen LogP contribution in [0.4, 0.5) is 0 Å². The van der Waals surface area contributed by atoms with Crippen LogP contribution in [0.15, 0.2) is 24.3 Å². The van der Waals surface area contributed by atoms with E-state index in [9.17, 15) is 0 Å². The second-order valence-electron chi connectivity index (χ2n) is 7.03. The van der Waals surface area contributed by atoms with E-state index in [0.29, 0.717) is 0 Å². The van der Waals surface area contributed by atoms with E-state index < -0.39 is 0 Å². The molecule has 1 fully saturated rings. The average Bonchev–Trinajstić information content (AvgIpc) is 3.04. The Balaban J connectivity index is 1.63. The second kappa shape index (κ2) is 5.15. The predicted octanol–water partition coefficient (Wildman–Crippen LogP) is 2.69. The maximum Gasteiger partial charge on any atom is 0.0459 e. The minimum Gasteiger partial charge on any atom is -0.358 e. The highest BCUT2D eigenvalue weighted by atomic mass is 15.2. The minimum atomic E-state index is 0.743. The van der Waals surface area contributed by atoms with Gasteiger partial charge in [-0.05, 0) is 44.5 Å². The molecule has 2 aromatic rings. The quantitative estimate of drug-likeness (QED) is 0.935. The first-order valence-corrected chi connectivity index (χ1v) is 8.19. The molecule has 0 radical (unpaired) electrons. The fraction of sp³-hybridized carbons (Fsp3) is 0.556. The number of aromatic nitrogens is 1. The van der Waals surface area contributed by atoms with E-state index >= 15 is 0 Å². The first-order chi connectivity index (χ1) is 10.2. The van der Waals surface area contributed by atoms with Gasteiger partial charge in [-0.15, -0.1) is 0 Å². The van der Waals surface area contributed by atoms with Crippen LogP contribution in [0.2, 0.25) is 0 Å². The number of H-pyrrole nitrogens is 1. The SMILES string of the molecule is CN(C)CCN1C[C@H]2CCc3[nH]c4ccccc4c3[C@H]2C1. The van der Waals surface area contributed by atoms with E-state index in [2.05, 4.69) is 53.1 Å². The number of nitrogens with zero attached hydrogens (tertiary/aromatic N) is 2. The van der Waals surface area contributed by atoms with Crippen LogP contribution in [0.25, 0.3) is 10.9 Å². The average molecular weight is 283 g/mol. The topological polar surface area (TPSA) is 22.3 Å². The monoisotopic (exact) mass is 283 g/mol. The van der Waals surface area contributed by atoms with Crippen LogP contribution >= 0.6 is 0 Å². The number of aromatic amines is 1. The van der Waals surface area contributed by atoms with Gasteiger partial charge < -0.3 is 14.8 Å². The first kappa shape index (κ1) is 13.4. The maximum absolute atomic E-state index is 3.67. The zero-order valence-corrected chi connectivity index (χ0v) is 13.1. The van der Waals surface area contributed by atoms with Crippen LogP contribution in [-0.2, 0) is 6.42 Å². The minimum absolute atomic E-state index is 0.743. The Hall–Kier alpha value is -1.32. The third kappa shape index (κ3) is 2.29. The normalized spacial score (nSPS) is 25.5. The molecule has 1 saturated heterocycles. The lowest BCUT2D eigenvalue weighted by atomic mass is 9.79. The number of likely N-dealkylation sites (N-methyl/N-ethyl adjacent to an activating group) is 1. The van der Waals surface area contributed by atoms with E-state index in [1.54, 1.807) is 5.56 Å². The summed E-state index contributed by atoms with van der Waals surface area (Å²) in [6.45, 7) is 4.91. The summed E-state index contributed by atoms with van der Waals surface area (Å²) in [5, 5.41) is 1.47. The van der Waals surface area contributed by atoms with Crippen molar-refractivity contribution >= 4 is 10.9 Å². The van der Waals surface area contributed by atoms with Crippen molar-refractivity contribution in [3.8, 4) is 0 Å². The summed E-state index contributed by atoms with van der Waals surface area (Å²) in [4.78, 5) is 8.63. The van der Waals surface area contributed by atoms with Gasteiger partial charge >= 0.3 is 0 Å². The molecule has 3 nitrogen and oxygen atoms in total. The third-order valence-electron chi connectivity index (χ3n) is 5.34. The smallest absolute Gasteiger partial charge is 0.0459 e. The van der Waals surface area contributed by atoms with Gasteiger partial charge in [-0.25, -0.2) is 0 Å². The van der Waals surface area contributed by atoms with E-state index in [0.717, 1.165) is 11.8 Å². The molecule has 4 rings (SSSR count). The number of rotatable bonds is 3. The van der Waals surface area contributed by atoms with Crippen molar-refractivity contribution in [1.82, 2.24) is 14.8 Å². The van der Waals surface area contributed by atoms with Crippen LogP contribution in [0.3, 0.4) is 0 Å². The summed E-state index contributed by atoms with van der Waals surface area (Å²) in [6.07, 6.45) is 2.58. The van der Waals surface area contributed by atoms with Crippen molar-refractivity contribution < 1.29 is 0 Å². The zero-order valence-electron chi connectivity index (χ0n) is 13.1. The summed E-state index contributed by atoms with van der Waals surface area (Å²) in [5.74, 6) is 1.60. The number of nitrogens with one attached hydrogen (secondary N) is 1. The molecule has 21 heavy (non-hydrogen) atoms. The van der Waals surface area contributed by atoms with Crippen molar-refractivity contribution in [2.45, 2.75) is 18.8 Å². The van der Waals surface area contributed by atoms with Crippen molar-refractivity contribution in [1.29, 1.82) is 0 Å². The fourth-order valence-corrected chi connectivity index (χ4v) is 4.27. The number of hydrogen-bond acceptors (Lipinski definition) is 2. The van der Waals surface area contributed by atoms with Gasteiger partial charge in [0.25, 0.3) is 0 Å². The molecule has 0 spiro atoms. The summed E-state index contributed by atoms with van der Waals surface area (Å²) in [7, 11) is 4.34. The number of hydrogen-bond donors (Lipinski definition) is 1. The molecular weight excluding hydrogens is 258 g/mol. The summed E-state index contributed by atoms with van der Waals surface area (Å²) in [5.41, 5.74) is 4.47. The lowest BCUT2D eigenvalue weighted by Gasteiger charge is -2.24. The van der Waals surface area contributed by atoms with Crippen LogP contribution in [-0.4, -0.2) is 55.1 Å². The lowest BCUT2D eigenvalue weighted by Crippen LogP contribution is -2.30. The zero-order chi connectivity index (χ0) is 14.4. The molecule has 0 amide bonds. The number of fused-ring (bicyclic) bond motifs is 5. The Kier molecular flexibility index (Phi) is 3.27. The number of aryl methyl sites for hydroxylation is 1. The first-order valence-electron chi connectivity index (χ1n) is 8.19. The highest BCUT2D eigenvalue weighted by molar-refractivity contribution is 5.85. The maximum atomic E-state index is 3.67. The highest BCUT2D eigenvalue weighted by Crippen LogP contribution is 2.44. The molecule has 1 aliphatic carbocycles. The molecule has 0 unspecified atom stereocenters. The van der Waals surface area contributed by atoms with E-state index in [1.165, 1.54) is 55.6 Å². The number of benzene rings is 1. The van der Waals surface area contributed by atoms with Gasteiger partial charge in [0.1, 0.15) is 0 Å². The molecular formula is C18H25N3. The van der Waals surface area contributed by atoms with Crippen LogP contribution in [0.1, 0.15) is 23.6 Å².